The number of halogens is 1. The largest absolute Gasteiger partial charge is 0.391 e. The number of aliphatic hydroxyl groups excluding tert-OH is 1. The summed E-state index contributed by atoms with van der Waals surface area (Å²) in [7, 11) is 0. The summed E-state index contributed by atoms with van der Waals surface area (Å²) in [6.07, 6.45) is 0. The molecule has 2 heterocycles. The molecule has 9 heteroatoms. The van der Waals surface area contributed by atoms with Gasteiger partial charge in [-0.15, -0.1) is 11.3 Å². The van der Waals surface area contributed by atoms with E-state index < -0.39 is 6.04 Å². The third-order valence-electron chi connectivity index (χ3n) is 4.31. The molecule has 0 fully saturated rings. The number of amides is 1. The lowest BCUT2D eigenvalue weighted by atomic mass is 10.2. The molecule has 5 N–H and O–H groups in total. The van der Waals surface area contributed by atoms with E-state index in [1.165, 1.54) is 11.3 Å². The van der Waals surface area contributed by atoms with Gasteiger partial charge in [0.05, 0.1) is 29.1 Å². The maximum Gasteiger partial charge on any atom is 0.268 e. The number of carbonyl (C=O) groups is 1. The highest BCUT2D eigenvalue weighted by Crippen LogP contribution is 2.25. The summed E-state index contributed by atoms with van der Waals surface area (Å²) in [5.74, 6) is 0.0165. The fourth-order valence-electron chi connectivity index (χ4n) is 2.76. The molecule has 0 aliphatic heterocycles. The Hall–Kier alpha value is -2.68. The van der Waals surface area contributed by atoms with E-state index in [0.29, 0.717) is 28.1 Å². The Morgan fingerprint density at radius 3 is 2.66 bits per heavy atom. The predicted molar refractivity (Wildman–Crippen MR) is 116 cm³/mol. The number of H-pyrrole nitrogens is 1. The summed E-state index contributed by atoms with van der Waals surface area (Å²) in [4.78, 5) is 21.2. The van der Waals surface area contributed by atoms with Gasteiger partial charge in [0.2, 0.25) is 0 Å². The van der Waals surface area contributed by atoms with Crippen molar-refractivity contribution < 1.29 is 9.90 Å². The summed E-state index contributed by atoms with van der Waals surface area (Å²) in [6, 6.07) is 10.5. The standard InChI is InChI=1S/C20H22ClN5O2S/c1-11-18(10-27)29-20(24-11)17(9-23-12(2)22)26-19(28)16-8-7-15(25-16)13-3-5-14(21)6-4-13/h3-8,17,25,27H,9-10H2,1-2H3,(H2,22,23)(H,26,28). The lowest BCUT2D eigenvalue weighted by Gasteiger charge is -2.17. The van der Waals surface area contributed by atoms with E-state index in [-0.39, 0.29) is 12.5 Å². The van der Waals surface area contributed by atoms with Crippen LogP contribution in [-0.2, 0) is 6.61 Å². The number of nitrogens with zero attached hydrogens (tertiary/aromatic N) is 1. The first-order valence-corrected chi connectivity index (χ1v) is 10.2. The molecule has 1 unspecified atom stereocenters. The average molecular weight is 432 g/mol. The zero-order chi connectivity index (χ0) is 21.0. The van der Waals surface area contributed by atoms with Crippen LogP contribution >= 0.6 is 22.9 Å². The summed E-state index contributed by atoms with van der Waals surface area (Å²) >= 11 is 7.28. The average Bonchev–Trinajstić information content (AvgIpc) is 3.32. The zero-order valence-corrected chi connectivity index (χ0v) is 17.6. The SMILES string of the molecule is CC(=N)NCC(NC(=O)c1ccc(-c2ccc(Cl)cc2)[nH]1)c1nc(C)c(CO)s1. The quantitative estimate of drug-likeness (QED) is 0.290. The first-order chi connectivity index (χ1) is 13.9. The number of amidine groups is 1. The van der Waals surface area contributed by atoms with Crippen molar-refractivity contribution in [1.82, 2.24) is 20.6 Å². The topological polar surface area (TPSA) is 114 Å². The maximum absolute atomic E-state index is 12.8. The van der Waals surface area contributed by atoms with Crippen molar-refractivity contribution in [3.63, 3.8) is 0 Å². The number of rotatable bonds is 7. The summed E-state index contributed by atoms with van der Waals surface area (Å²) in [5.41, 5.74) is 2.89. The molecule has 1 amide bonds. The van der Waals surface area contributed by atoms with Crippen LogP contribution in [0.4, 0.5) is 0 Å². The van der Waals surface area contributed by atoms with Gasteiger partial charge >= 0.3 is 0 Å². The van der Waals surface area contributed by atoms with Crippen LogP contribution in [0.5, 0.6) is 0 Å². The van der Waals surface area contributed by atoms with Crippen molar-refractivity contribution in [2.24, 2.45) is 0 Å². The molecule has 29 heavy (non-hydrogen) atoms. The Morgan fingerprint density at radius 1 is 1.31 bits per heavy atom. The van der Waals surface area contributed by atoms with E-state index in [0.717, 1.165) is 21.8 Å². The third-order valence-corrected chi connectivity index (χ3v) is 5.82. The van der Waals surface area contributed by atoms with E-state index in [2.05, 4.69) is 20.6 Å². The second kappa shape index (κ2) is 9.21. The van der Waals surface area contributed by atoms with Crippen LogP contribution in [0.2, 0.25) is 5.02 Å². The molecule has 0 saturated heterocycles. The van der Waals surface area contributed by atoms with Crippen LogP contribution in [-0.4, -0.2) is 33.4 Å². The van der Waals surface area contributed by atoms with Gasteiger partial charge in [-0.25, -0.2) is 4.98 Å². The van der Waals surface area contributed by atoms with E-state index in [4.69, 9.17) is 17.0 Å². The fraction of sp³-hybridized carbons (Fsp3) is 0.250. The number of benzene rings is 1. The van der Waals surface area contributed by atoms with Crippen molar-refractivity contribution in [1.29, 1.82) is 5.41 Å². The Bertz CT molecular complexity index is 1010. The van der Waals surface area contributed by atoms with Gasteiger partial charge in [0.25, 0.3) is 5.91 Å². The molecular weight excluding hydrogens is 410 g/mol. The first-order valence-electron chi connectivity index (χ1n) is 8.99. The van der Waals surface area contributed by atoms with Gasteiger partial charge in [0, 0.05) is 17.3 Å². The van der Waals surface area contributed by atoms with Crippen LogP contribution in [0.3, 0.4) is 0 Å². The molecule has 3 rings (SSSR count). The van der Waals surface area contributed by atoms with Crippen LogP contribution in [0.15, 0.2) is 36.4 Å². The van der Waals surface area contributed by atoms with Gasteiger partial charge in [-0.1, -0.05) is 23.7 Å². The van der Waals surface area contributed by atoms with E-state index in [9.17, 15) is 9.90 Å². The molecule has 0 saturated carbocycles. The monoisotopic (exact) mass is 431 g/mol. The molecule has 1 atom stereocenters. The lowest BCUT2D eigenvalue weighted by molar-refractivity contribution is 0.0932. The number of nitrogens with one attached hydrogen (secondary N) is 4. The molecule has 0 radical (unpaired) electrons. The number of hydrogen-bond acceptors (Lipinski definition) is 5. The summed E-state index contributed by atoms with van der Waals surface area (Å²) in [6.45, 7) is 3.68. The highest BCUT2D eigenvalue weighted by atomic mass is 35.5. The van der Waals surface area contributed by atoms with Gasteiger partial charge in [-0.05, 0) is 43.7 Å². The van der Waals surface area contributed by atoms with Crippen molar-refractivity contribution >= 4 is 34.7 Å². The van der Waals surface area contributed by atoms with E-state index >= 15 is 0 Å². The van der Waals surface area contributed by atoms with Crippen molar-refractivity contribution in [2.45, 2.75) is 26.5 Å². The summed E-state index contributed by atoms with van der Waals surface area (Å²) in [5, 5.41) is 24.3. The Labute approximate surface area is 177 Å². The molecule has 152 valence electrons. The van der Waals surface area contributed by atoms with Gasteiger partial charge in [-0.2, -0.15) is 0 Å². The number of aryl methyl sites for hydroxylation is 1. The Balaban J connectivity index is 1.78. The maximum atomic E-state index is 12.8. The highest BCUT2D eigenvalue weighted by Gasteiger charge is 2.21. The third kappa shape index (κ3) is 5.23. The van der Waals surface area contributed by atoms with Crippen molar-refractivity contribution in [3.05, 3.63) is 62.7 Å². The second-order valence-electron chi connectivity index (χ2n) is 6.54. The van der Waals surface area contributed by atoms with Gasteiger partial charge < -0.3 is 20.7 Å². The molecule has 0 bridgehead atoms. The molecule has 0 aliphatic carbocycles. The first kappa shape index (κ1) is 21.0. The molecule has 0 spiro atoms. The normalized spacial score (nSPS) is 11.9. The molecular formula is C20H22ClN5O2S. The lowest BCUT2D eigenvalue weighted by Crippen LogP contribution is -2.37. The minimum Gasteiger partial charge on any atom is -0.391 e. The number of aromatic amines is 1. The molecule has 1 aromatic carbocycles. The number of thiazole rings is 1. The second-order valence-corrected chi connectivity index (χ2v) is 8.09. The number of hydrogen-bond donors (Lipinski definition) is 5. The molecule has 2 aromatic heterocycles. The minimum absolute atomic E-state index is 0.0950. The number of carbonyl (C=O) groups excluding carboxylic acids is 1. The number of aliphatic hydroxyl groups is 1. The fourth-order valence-corrected chi connectivity index (χ4v) is 3.87. The minimum atomic E-state index is -0.436. The van der Waals surface area contributed by atoms with E-state index in [1.807, 2.05) is 25.1 Å². The van der Waals surface area contributed by atoms with Gasteiger partial charge in [0.15, 0.2) is 0 Å². The Morgan fingerprint density at radius 2 is 2.03 bits per heavy atom. The van der Waals surface area contributed by atoms with Gasteiger partial charge in [-0.3, -0.25) is 10.2 Å². The smallest absolute Gasteiger partial charge is 0.268 e. The summed E-state index contributed by atoms with van der Waals surface area (Å²) < 4.78 is 0. The van der Waals surface area contributed by atoms with Crippen molar-refractivity contribution in [3.8, 4) is 11.3 Å². The van der Waals surface area contributed by atoms with E-state index in [1.54, 1.807) is 25.1 Å². The Kier molecular flexibility index (Phi) is 6.68. The molecule has 3 aromatic rings. The van der Waals surface area contributed by atoms with Crippen molar-refractivity contribution in [2.75, 3.05) is 6.54 Å². The van der Waals surface area contributed by atoms with Crippen LogP contribution in [0.25, 0.3) is 11.3 Å². The van der Waals surface area contributed by atoms with Crippen LogP contribution in [0.1, 0.15) is 39.0 Å². The zero-order valence-electron chi connectivity index (χ0n) is 16.0. The van der Waals surface area contributed by atoms with Gasteiger partial charge in [0.1, 0.15) is 10.7 Å². The van der Waals surface area contributed by atoms with Crippen LogP contribution < -0.4 is 10.6 Å². The molecule has 0 aliphatic rings. The predicted octanol–water partition coefficient (Wildman–Crippen LogP) is 3.65. The van der Waals surface area contributed by atoms with Crippen LogP contribution in [0, 0.1) is 12.3 Å². The molecule has 7 nitrogen and oxygen atoms in total. The highest BCUT2D eigenvalue weighted by molar-refractivity contribution is 7.11. The number of aromatic nitrogens is 2.